The van der Waals surface area contributed by atoms with Crippen LogP contribution in [0.3, 0.4) is 0 Å². The van der Waals surface area contributed by atoms with E-state index >= 15 is 0 Å². The van der Waals surface area contributed by atoms with Gasteiger partial charge in [-0.15, -0.1) is 0 Å². The van der Waals surface area contributed by atoms with Crippen LogP contribution in [0.4, 0.5) is 0 Å². The van der Waals surface area contributed by atoms with Gasteiger partial charge < -0.3 is 5.73 Å². The highest BCUT2D eigenvalue weighted by atomic mass is 15.2. The van der Waals surface area contributed by atoms with Crippen molar-refractivity contribution in [2.45, 2.75) is 52.1 Å². The maximum Gasteiger partial charge on any atom is 0.0473 e. The summed E-state index contributed by atoms with van der Waals surface area (Å²) < 4.78 is 0. The van der Waals surface area contributed by atoms with Crippen LogP contribution in [0.15, 0.2) is 24.3 Å². The normalized spacial score (nSPS) is 17.2. The summed E-state index contributed by atoms with van der Waals surface area (Å²) in [6.45, 7) is 8.64. The summed E-state index contributed by atoms with van der Waals surface area (Å²) in [5, 5.41) is 0. The maximum absolute atomic E-state index is 6.07. The Labute approximate surface area is 118 Å². The molecule has 0 aliphatic heterocycles. The molecule has 2 N–H and O–H groups in total. The minimum Gasteiger partial charge on any atom is -0.329 e. The second kappa shape index (κ2) is 6.53. The summed E-state index contributed by atoms with van der Waals surface area (Å²) in [6.07, 6.45) is 3.96. The molecule has 0 bridgehead atoms. The third kappa shape index (κ3) is 4.05. The minimum atomic E-state index is 0.395. The van der Waals surface area contributed by atoms with Gasteiger partial charge in [-0.05, 0) is 44.2 Å². The number of aryl methyl sites for hydroxylation is 1. The Morgan fingerprint density at radius 2 is 1.84 bits per heavy atom. The molecule has 0 aromatic heterocycles. The van der Waals surface area contributed by atoms with Gasteiger partial charge in [-0.3, -0.25) is 4.90 Å². The van der Waals surface area contributed by atoms with Crippen molar-refractivity contribution in [3.8, 4) is 0 Å². The van der Waals surface area contributed by atoms with Crippen molar-refractivity contribution in [2.24, 2.45) is 11.7 Å². The molecule has 106 valence electrons. The first-order chi connectivity index (χ1) is 9.11. The highest BCUT2D eigenvalue weighted by Crippen LogP contribution is 2.34. The van der Waals surface area contributed by atoms with Crippen molar-refractivity contribution in [1.29, 1.82) is 0 Å². The molecule has 1 fully saturated rings. The number of rotatable bonds is 7. The van der Waals surface area contributed by atoms with Crippen molar-refractivity contribution in [2.75, 3.05) is 13.1 Å². The molecule has 1 unspecified atom stereocenters. The third-order valence-electron chi connectivity index (χ3n) is 4.07. The average Bonchev–Trinajstić information content (AvgIpc) is 3.20. The Morgan fingerprint density at radius 3 is 2.32 bits per heavy atom. The summed E-state index contributed by atoms with van der Waals surface area (Å²) >= 11 is 0. The highest BCUT2D eigenvalue weighted by Gasteiger charge is 2.33. The number of nitrogens with two attached hydrogens (primary N) is 1. The zero-order valence-electron chi connectivity index (χ0n) is 12.6. The summed E-state index contributed by atoms with van der Waals surface area (Å²) in [5.74, 6) is 0.762. The second-order valence-electron chi connectivity index (χ2n) is 6.31. The van der Waals surface area contributed by atoms with Crippen molar-refractivity contribution in [3.05, 3.63) is 35.4 Å². The van der Waals surface area contributed by atoms with Gasteiger partial charge >= 0.3 is 0 Å². The summed E-state index contributed by atoms with van der Waals surface area (Å²) in [5.41, 5.74) is 8.77. The molecule has 2 heteroatoms. The van der Waals surface area contributed by atoms with Gasteiger partial charge in [0.15, 0.2) is 0 Å². The van der Waals surface area contributed by atoms with E-state index in [9.17, 15) is 0 Å². The third-order valence-corrected chi connectivity index (χ3v) is 4.07. The van der Waals surface area contributed by atoms with Gasteiger partial charge in [0, 0.05) is 18.6 Å². The largest absolute Gasteiger partial charge is 0.329 e. The monoisotopic (exact) mass is 260 g/mol. The van der Waals surface area contributed by atoms with Crippen LogP contribution in [0.25, 0.3) is 0 Å². The molecule has 19 heavy (non-hydrogen) atoms. The fraction of sp³-hybridized carbons (Fsp3) is 0.647. The van der Waals surface area contributed by atoms with Crippen LogP contribution in [-0.4, -0.2) is 24.0 Å². The van der Waals surface area contributed by atoms with E-state index in [0.717, 1.165) is 18.5 Å². The molecular formula is C17H28N2. The van der Waals surface area contributed by atoms with E-state index < -0.39 is 0 Å². The maximum atomic E-state index is 6.07. The van der Waals surface area contributed by atoms with Gasteiger partial charge in [0.05, 0.1) is 0 Å². The Bertz CT molecular complexity index is 379. The Balaban J connectivity index is 2.10. The first kappa shape index (κ1) is 14.5. The molecule has 0 amide bonds. The van der Waals surface area contributed by atoms with Crippen LogP contribution >= 0.6 is 0 Å². The van der Waals surface area contributed by atoms with E-state index in [2.05, 4.69) is 49.9 Å². The predicted octanol–water partition coefficient (Wildman–Crippen LogP) is 3.51. The SMILES string of the molecule is Cc1ccc(C(CN)N(CCC(C)C)C2CC2)cc1. The Morgan fingerprint density at radius 1 is 1.21 bits per heavy atom. The van der Waals surface area contributed by atoms with E-state index in [1.165, 1.54) is 36.9 Å². The van der Waals surface area contributed by atoms with Crippen LogP contribution in [0.2, 0.25) is 0 Å². The van der Waals surface area contributed by atoms with Crippen molar-refractivity contribution >= 4 is 0 Å². The number of nitrogens with zero attached hydrogens (tertiary/aromatic N) is 1. The Kier molecular flexibility index (Phi) is 5.00. The molecule has 1 atom stereocenters. The van der Waals surface area contributed by atoms with E-state index in [-0.39, 0.29) is 0 Å². The van der Waals surface area contributed by atoms with E-state index in [1.54, 1.807) is 0 Å². The summed E-state index contributed by atoms with van der Waals surface area (Å²) in [6, 6.07) is 10.1. The lowest BCUT2D eigenvalue weighted by Gasteiger charge is -2.32. The smallest absolute Gasteiger partial charge is 0.0473 e. The average molecular weight is 260 g/mol. The number of hydrogen-bond acceptors (Lipinski definition) is 2. The molecule has 0 heterocycles. The summed E-state index contributed by atoms with van der Waals surface area (Å²) in [7, 11) is 0. The van der Waals surface area contributed by atoms with Gasteiger partial charge in [0.25, 0.3) is 0 Å². The van der Waals surface area contributed by atoms with Crippen molar-refractivity contribution in [1.82, 2.24) is 4.90 Å². The Hall–Kier alpha value is -0.860. The minimum absolute atomic E-state index is 0.395. The fourth-order valence-corrected chi connectivity index (χ4v) is 2.66. The van der Waals surface area contributed by atoms with Gasteiger partial charge in [0.1, 0.15) is 0 Å². The van der Waals surface area contributed by atoms with Crippen molar-refractivity contribution < 1.29 is 0 Å². The van der Waals surface area contributed by atoms with Crippen LogP contribution in [0, 0.1) is 12.8 Å². The van der Waals surface area contributed by atoms with E-state index in [4.69, 9.17) is 5.73 Å². The molecule has 0 radical (unpaired) electrons. The number of benzene rings is 1. The van der Waals surface area contributed by atoms with E-state index in [0.29, 0.717) is 6.04 Å². The standard InChI is InChI=1S/C17H28N2/c1-13(2)10-11-19(16-8-9-16)17(12-18)15-6-4-14(3)5-7-15/h4-7,13,16-17H,8-12,18H2,1-3H3. The van der Waals surface area contributed by atoms with Gasteiger partial charge in [0.2, 0.25) is 0 Å². The van der Waals surface area contributed by atoms with Crippen LogP contribution in [0.5, 0.6) is 0 Å². The first-order valence-electron chi connectivity index (χ1n) is 7.64. The topological polar surface area (TPSA) is 29.3 Å². The second-order valence-corrected chi connectivity index (χ2v) is 6.31. The van der Waals surface area contributed by atoms with E-state index in [1.807, 2.05) is 0 Å². The molecule has 2 nitrogen and oxygen atoms in total. The lowest BCUT2D eigenvalue weighted by atomic mass is 10.0. The fourth-order valence-electron chi connectivity index (χ4n) is 2.66. The molecule has 1 saturated carbocycles. The van der Waals surface area contributed by atoms with Gasteiger partial charge in [-0.25, -0.2) is 0 Å². The zero-order chi connectivity index (χ0) is 13.8. The molecule has 1 aliphatic rings. The lowest BCUT2D eigenvalue weighted by molar-refractivity contribution is 0.181. The molecule has 0 saturated heterocycles. The van der Waals surface area contributed by atoms with Crippen LogP contribution in [0.1, 0.15) is 50.3 Å². The molecule has 0 spiro atoms. The van der Waals surface area contributed by atoms with Crippen LogP contribution < -0.4 is 5.73 Å². The quantitative estimate of drug-likeness (QED) is 0.813. The molecule has 2 rings (SSSR count). The first-order valence-corrected chi connectivity index (χ1v) is 7.64. The zero-order valence-corrected chi connectivity index (χ0v) is 12.6. The van der Waals surface area contributed by atoms with Crippen molar-refractivity contribution in [3.63, 3.8) is 0 Å². The predicted molar refractivity (Wildman–Crippen MR) is 82.2 cm³/mol. The lowest BCUT2D eigenvalue weighted by Crippen LogP contribution is -2.36. The molecular weight excluding hydrogens is 232 g/mol. The molecule has 1 aliphatic carbocycles. The van der Waals surface area contributed by atoms with Gasteiger partial charge in [-0.2, -0.15) is 0 Å². The highest BCUT2D eigenvalue weighted by molar-refractivity contribution is 5.25. The van der Waals surface area contributed by atoms with Gasteiger partial charge in [-0.1, -0.05) is 43.7 Å². The van der Waals surface area contributed by atoms with Crippen LogP contribution in [-0.2, 0) is 0 Å². The number of hydrogen-bond donors (Lipinski definition) is 1. The summed E-state index contributed by atoms with van der Waals surface area (Å²) in [4.78, 5) is 2.64. The molecule has 1 aromatic carbocycles. The molecule has 1 aromatic rings.